The van der Waals surface area contributed by atoms with Crippen molar-refractivity contribution in [3.63, 3.8) is 0 Å². The Labute approximate surface area is 130 Å². The van der Waals surface area contributed by atoms with Crippen LogP contribution in [0.1, 0.15) is 39.5 Å². The van der Waals surface area contributed by atoms with Gasteiger partial charge in [-0.05, 0) is 66.2 Å². The summed E-state index contributed by atoms with van der Waals surface area (Å²) < 4.78 is 1.23. The van der Waals surface area contributed by atoms with Crippen molar-refractivity contribution < 1.29 is 0 Å². The standard InChI is InChI=1S/C16H24BrNS/c1-3-10-18-14-9-8-12(2)11-16(14)19-15-7-5-4-6-13(15)17/h4-7,12,14,16,18H,3,8-11H2,1-2H3. The second-order valence-corrected chi connectivity index (χ2v) is 7.70. The van der Waals surface area contributed by atoms with E-state index in [2.05, 4.69) is 59.4 Å². The van der Waals surface area contributed by atoms with Gasteiger partial charge < -0.3 is 5.32 Å². The zero-order valence-corrected chi connectivity index (χ0v) is 14.3. The van der Waals surface area contributed by atoms with Crippen LogP contribution < -0.4 is 5.32 Å². The van der Waals surface area contributed by atoms with Gasteiger partial charge in [0.25, 0.3) is 0 Å². The predicted octanol–water partition coefficient (Wildman–Crippen LogP) is 5.10. The van der Waals surface area contributed by atoms with Crippen LogP contribution in [-0.2, 0) is 0 Å². The molecule has 0 saturated heterocycles. The average molecular weight is 342 g/mol. The van der Waals surface area contributed by atoms with Crippen LogP contribution in [0.5, 0.6) is 0 Å². The Morgan fingerprint density at radius 1 is 1.32 bits per heavy atom. The molecule has 0 aliphatic heterocycles. The maximum atomic E-state index is 3.75. The molecule has 106 valence electrons. The van der Waals surface area contributed by atoms with E-state index in [1.807, 2.05) is 11.8 Å². The van der Waals surface area contributed by atoms with E-state index < -0.39 is 0 Å². The largest absolute Gasteiger partial charge is 0.313 e. The molecule has 0 radical (unpaired) electrons. The Morgan fingerprint density at radius 2 is 2.11 bits per heavy atom. The summed E-state index contributed by atoms with van der Waals surface area (Å²) in [6.45, 7) is 5.78. The molecule has 0 spiro atoms. The maximum absolute atomic E-state index is 3.75. The van der Waals surface area contributed by atoms with Crippen molar-refractivity contribution in [3.05, 3.63) is 28.7 Å². The van der Waals surface area contributed by atoms with E-state index in [1.54, 1.807) is 0 Å². The van der Waals surface area contributed by atoms with Crippen LogP contribution in [-0.4, -0.2) is 17.8 Å². The number of nitrogens with one attached hydrogen (secondary N) is 1. The van der Waals surface area contributed by atoms with Gasteiger partial charge in [-0.1, -0.05) is 26.0 Å². The first-order chi connectivity index (χ1) is 9.20. The van der Waals surface area contributed by atoms with Gasteiger partial charge in [-0.2, -0.15) is 0 Å². The molecule has 0 heterocycles. The van der Waals surface area contributed by atoms with E-state index >= 15 is 0 Å². The second-order valence-electron chi connectivity index (χ2n) is 5.57. The molecule has 19 heavy (non-hydrogen) atoms. The molecule has 3 unspecified atom stereocenters. The third-order valence-electron chi connectivity index (χ3n) is 3.83. The summed E-state index contributed by atoms with van der Waals surface area (Å²) in [7, 11) is 0. The summed E-state index contributed by atoms with van der Waals surface area (Å²) in [6.07, 6.45) is 5.24. The van der Waals surface area contributed by atoms with Crippen molar-refractivity contribution >= 4 is 27.7 Å². The summed E-state index contributed by atoms with van der Waals surface area (Å²) in [6, 6.07) is 9.26. The third kappa shape index (κ3) is 4.51. The molecular formula is C16H24BrNS. The molecule has 3 heteroatoms. The Morgan fingerprint density at radius 3 is 2.84 bits per heavy atom. The van der Waals surface area contributed by atoms with Gasteiger partial charge in [0.2, 0.25) is 0 Å². The van der Waals surface area contributed by atoms with E-state index in [0.29, 0.717) is 11.3 Å². The molecule has 1 N–H and O–H groups in total. The number of rotatable bonds is 5. The van der Waals surface area contributed by atoms with Crippen LogP contribution in [0, 0.1) is 5.92 Å². The molecule has 1 aromatic rings. The molecule has 3 atom stereocenters. The van der Waals surface area contributed by atoms with Gasteiger partial charge in [0.15, 0.2) is 0 Å². The van der Waals surface area contributed by atoms with Crippen molar-refractivity contribution in [2.24, 2.45) is 5.92 Å². The van der Waals surface area contributed by atoms with Crippen LogP contribution in [0.2, 0.25) is 0 Å². The van der Waals surface area contributed by atoms with Crippen molar-refractivity contribution in [1.29, 1.82) is 0 Å². The Hall–Kier alpha value is 0.01000. The Balaban J connectivity index is 2.03. The fraction of sp³-hybridized carbons (Fsp3) is 0.625. The molecule has 1 aromatic carbocycles. The summed E-state index contributed by atoms with van der Waals surface area (Å²) in [5, 5.41) is 4.45. The minimum absolute atomic E-state index is 0.674. The first kappa shape index (κ1) is 15.4. The molecule has 1 fully saturated rings. The molecule has 0 amide bonds. The SMILES string of the molecule is CCCNC1CCC(C)CC1Sc1ccccc1Br. The number of thioether (sulfide) groups is 1. The second kappa shape index (κ2) is 7.70. The monoisotopic (exact) mass is 341 g/mol. The summed E-state index contributed by atoms with van der Waals surface area (Å²) in [5.41, 5.74) is 0. The molecule has 1 aliphatic rings. The molecule has 1 saturated carbocycles. The molecule has 0 bridgehead atoms. The fourth-order valence-electron chi connectivity index (χ4n) is 2.73. The zero-order chi connectivity index (χ0) is 13.7. The molecular weight excluding hydrogens is 318 g/mol. The summed E-state index contributed by atoms with van der Waals surface area (Å²) in [4.78, 5) is 1.38. The van der Waals surface area contributed by atoms with Gasteiger partial charge in [0, 0.05) is 20.7 Å². The third-order valence-corrected chi connectivity index (χ3v) is 6.21. The highest BCUT2D eigenvalue weighted by Gasteiger charge is 2.29. The smallest absolute Gasteiger partial charge is 0.0311 e. The van der Waals surface area contributed by atoms with Crippen molar-refractivity contribution in [3.8, 4) is 0 Å². The molecule has 2 rings (SSSR count). The lowest BCUT2D eigenvalue weighted by Crippen LogP contribution is -2.42. The van der Waals surface area contributed by atoms with Crippen molar-refractivity contribution in [2.75, 3.05) is 6.54 Å². The Bertz CT molecular complexity index is 394. The maximum Gasteiger partial charge on any atom is 0.0311 e. The number of halogens is 1. The zero-order valence-electron chi connectivity index (χ0n) is 11.9. The lowest BCUT2D eigenvalue weighted by Gasteiger charge is -2.35. The molecule has 0 aromatic heterocycles. The quantitative estimate of drug-likeness (QED) is 0.799. The van der Waals surface area contributed by atoms with Gasteiger partial charge >= 0.3 is 0 Å². The van der Waals surface area contributed by atoms with Gasteiger partial charge in [0.1, 0.15) is 0 Å². The van der Waals surface area contributed by atoms with E-state index in [9.17, 15) is 0 Å². The highest BCUT2D eigenvalue weighted by atomic mass is 79.9. The average Bonchev–Trinajstić information content (AvgIpc) is 2.40. The van der Waals surface area contributed by atoms with Crippen LogP contribution in [0.15, 0.2) is 33.6 Å². The first-order valence-corrected chi connectivity index (χ1v) is 9.02. The Kier molecular flexibility index (Phi) is 6.24. The lowest BCUT2D eigenvalue weighted by molar-refractivity contribution is 0.317. The van der Waals surface area contributed by atoms with Gasteiger partial charge in [-0.15, -0.1) is 11.8 Å². The summed E-state index contributed by atoms with van der Waals surface area (Å²) in [5.74, 6) is 0.861. The van der Waals surface area contributed by atoms with Crippen LogP contribution >= 0.6 is 27.7 Å². The minimum Gasteiger partial charge on any atom is -0.313 e. The van der Waals surface area contributed by atoms with E-state index in [-0.39, 0.29) is 0 Å². The van der Waals surface area contributed by atoms with Gasteiger partial charge in [-0.3, -0.25) is 0 Å². The number of benzene rings is 1. The van der Waals surface area contributed by atoms with Gasteiger partial charge in [0.05, 0.1) is 0 Å². The van der Waals surface area contributed by atoms with E-state index in [4.69, 9.17) is 0 Å². The highest BCUT2D eigenvalue weighted by molar-refractivity contribution is 9.10. The highest BCUT2D eigenvalue weighted by Crippen LogP contribution is 2.38. The predicted molar refractivity (Wildman–Crippen MR) is 88.9 cm³/mol. The summed E-state index contributed by atoms with van der Waals surface area (Å²) >= 11 is 5.71. The topological polar surface area (TPSA) is 12.0 Å². The molecule has 1 aliphatic carbocycles. The minimum atomic E-state index is 0.674. The first-order valence-electron chi connectivity index (χ1n) is 7.35. The van der Waals surface area contributed by atoms with Crippen LogP contribution in [0.3, 0.4) is 0 Å². The number of hydrogen-bond donors (Lipinski definition) is 1. The van der Waals surface area contributed by atoms with Crippen LogP contribution in [0.4, 0.5) is 0 Å². The van der Waals surface area contributed by atoms with Crippen LogP contribution in [0.25, 0.3) is 0 Å². The van der Waals surface area contributed by atoms with Gasteiger partial charge in [-0.25, -0.2) is 0 Å². The normalized spacial score (nSPS) is 27.4. The van der Waals surface area contributed by atoms with E-state index in [0.717, 1.165) is 12.5 Å². The van der Waals surface area contributed by atoms with Crippen molar-refractivity contribution in [1.82, 2.24) is 5.32 Å². The van der Waals surface area contributed by atoms with E-state index in [1.165, 1.54) is 35.1 Å². The van der Waals surface area contributed by atoms with Crippen molar-refractivity contribution in [2.45, 2.75) is 55.7 Å². The fourth-order valence-corrected chi connectivity index (χ4v) is 4.78. The molecule has 1 nitrogen and oxygen atoms in total. The number of hydrogen-bond acceptors (Lipinski definition) is 2. The lowest BCUT2D eigenvalue weighted by atomic mass is 9.87.